The van der Waals surface area contributed by atoms with Gasteiger partial charge in [-0.05, 0) is 31.0 Å². The van der Waals surface area contributed by atoms with E-state index < -0.39 is 0 Å². The van der Waals surface area contributed by atoms with E-state index in [0.29, 0.717) is 30.3 Å². The van der Waals surface area contributed by atoms with Crippen LogP contribution in [0.3, 0.4) is 0 Å². The first-order valence-corrected chi connectivity index (χ1v) is 5.66. The van der Waals surface area contributed by atoms with Crippen molar-refractivity contribution in [2.45, 2.75) is 26.7 Å². The average molecular weight is 222 g/mol. The van der Waals surface area contributed by atoms with E-state index in [-0.39, 0.29) is 0 Å². The summed E-state index contributed by atoms with van der Waals surface area (Å²) >= 11 is 0. The predicted molar refractivity (Wildman–Crippen MR) is 63.4 cm³/mol. The fraction of sp³-hybridized carbons (Fsp3) is 0.462. The van der Waals surface area contributed by atoms with Gasteiger partial charge in [-0.1, -0.05) is 13.8 Å². The second kappa shape index (κ2) is 6.88. The lowest BCUT2D eigenvalue weighted by atomic mass is 10.2. The van der Waals surface area contributed by atoms with E-state index in [1.165, 1.54) is 0 Å². The minimum atomic E-state index is 0.544. The van der Waals surface area contributed by atoms with E-state index in [0.717, 1.165) is 19.1 Å². The van der Waals surface area contributed by atoms with Crippen LogP contribution in [-0.2, 0) is 0 Å². The fourth-order valence-corrected chi connectivity index (χ4v) is 1.27. The van der Waals surface area contributed by atoms with Crippen molar-refractivity contribution in [2.75, 3.05) is 13.2 Å². The van der Waals surface area contributed by atoms with E-state index in [1.807, 2.05) is 19.9 Å². The summed E-state index contributed by atoms with van der Waals surface area (Å²) in [6.45, 7) is 5.35. The molecule has 0 aliphatic heterocycles. The molecule has 0 heterocycles. The molecule has 1 rings (SSSR count). The SMILES string of the molecule is CCCOc1ccc(OCCC)c(C=O)c1. The molecule has 0 aromatic heterocycles. The van der Waals surface area contributed by atoms with Crippen LogP contribution in [0, 0.1) is 0 Å². The summed E-state index contributed by atoms with van der Waals surface area (Å²) in [5.74, 6) is 1.34. The summed E-state index contributed by atoms with van der Waals surface area (Å²) in [4.78, 5) is 10.9. The highest BCUT2D eigenvalue weighted by atomic mass is 16.5. The number of carbonyl (C=O) groups excluding carboxylic acids is 1. The fourth-order valence-electron chi connectivity index (χ4n) is 1.27. The number of hydrogen-bond donors (Lipinski definition) is 0. The van der Waals surface area contributed by atoms with Gasteiger partial charge in [-0.25, -0.2) is 0 Å². The molecule has 3 heteroatoms. The Bertz CT molecular complexity index is 334. The molecule has 0 saturated heterocycles. The van der Waals surface area contributed by atoms with E-state index in [9.17, 15) is 4.79 Å². The maximum Gasteiger partial charge on any atom is 0.153 e. The van der Waals surface area contributed by atoms with Crippen molar-refractivity contribution in [2.24, 2.45) is 0 Å². The second-order valence-corrected chi connectivity index (χ2v) is 3.51. The summed E-state index contributed by atoms with van der Waals surface area (Å²) in [5.41, 5.74) is 0.544. The minimum absolute atomic E-state index is 0.544. The first kappa shape index (κ1) is 12.6. The molecule has 0 N–H and O–H groups in total. The molecule has 0 atom stereocenters. The minimum Gasteiger partial charge on any atom is -0.494 e. The van der Waals surface area contributed by atoms with Crippen LogP contribution in [0.2, 0.25) is 0 Å². The van der Waals surface area contributed by atoms with E-state index in [2.05, 4.69) is 0 Å². The van der Waals surface area contributed by atoms with Crippen LogP contribution in [0.1, 0.15) is 37.0 Å². The molecule has 0 fully saturated rings. The van der Waals surface area contributed by atoms with Crippen molar-refractivity contribution in [3.8, 4) is 11.5 Å². The van der Waals surface area contributed by atoms with Crippen LogP contribution in [0.4, 0.5) is 0 Å². The van der Waals surface area contributed by atoms with Crippen LogP contribution in [0.15, 0.2) is 18.2 Å². The van der Waals surface area contributed by atoms with E-state index in [4.69, 9.17) is 9.47 Å². The Hall–Kier alpha value is -1.51. The first-order chi connectivity index (χ1) is 7.81. The van der Waals surface area contributed by atoms with Crippen LogP contribution in [-0.4, -0.2) is 19.5 Å². The van der Waals surface area contributed by atoms with Crippen LogP contribution in [0.5, 0.6) is 11.5 Å². The van der Waals surface area contributed by atoms with Crippen molar-refractivity contribution < 1.29 is 14.3 Å². The Morgan fingerprint density at radius 3 is 2.44 bits per heavy atom. The van der Waals surface area contributed by atoms with Crippen molar-refractivity contribution >= 4 is 6.29 Å². The normalized spacial score (nSPS) is 9.88. The van der Waals surface area contributed by atoms with Gasteiger partial charge in [-0.15, -0.1) is 0 Å². The van der Waals surface area contributed by atoms with Gasteiger partial charge in [0.05, 0.1) is 18.8 Å². The molecular weight excluding hydrogens is 204 g/mol. The zero-order valence-electron chi connectivity index (χ0n) is 9.86. The summed E-state index contributed by atoms with van der Waals surface area (Å²) in [6, 6.07) is 5.33. The van der Waals surface area contributed by atoms with Gasteiger partial charge in [-0.2, -0.15) is 0 Å². The number of rotatable bonds is 7. The van der Waals surface area contributed by atoms with Crippen LogP contribution < -0.4 is 9.47 Å². The molecule has 0 saturated carbocycles. The van der Waals surface area contributed by atoms with Crippen LogP contribution in [0.25, 0.3) is 0 Å². The van der Waals surface area contributed by atoms with E-state index >= 15 is 0 Å². The first-order valence-electron chi connectivity index (χ1n) is 5.66. The van der Waals surface area contributed by atoms with Gasteiger partial charge < -0.3 is 9.47 Å². The molecule has 0 unspecified atom stereocenters. The summed E-state index contributed by atoms with van der Waals surface area (Å²) in [6.07, 6.45) is 2.67. The van der Waals surface area contributed by atoms with Gasteiger partial charge in [0.15, 0.2) is 6.29 Å². The van der Waals surface area contributed by atoms with Crippen molar-refractivity contribution in [3.05, 3.63) is 23.8 Å². The summed E-state index contributed by atoms with van der Waals surface area (Å²) in [5, 5.41) is 0. The molecule has 0 radical (unpaired) electrons. The monoisotopic (exact) mass is 222 g/mol. The predicted octanol–water partition coefficient (Wildman–Crippen LogP) is 3.08. The standard InChI is InChI=1S/C13H18O3/c1-3-7-15-12-5-6-13(16-8-4-2)11(9-12)10-14/h5-6,9-10H,3-4,7-8H2,1-2H3. The van der Waals surface area contributed by atoms with Gasteiger partial charge in [0, 0.05) is 0 Å². The van der Waals surface area contributed by atoms with Crippen molar-refractivity contribution in [1.82, 2.24) is 0 Å². The Labute approximate surface area is 96.4 Å². The van der Waals surface area contributed by atoms with Crippen molar-refractivity contribution in [3.63, 3.8) is 0 Å². The Morgan fingerprint density at radius 2 is 1.81 bits per heavy atom. The second-order valence-electron chi connectivity index (χ2n) is 3.51. The molecule has 1 aromatic rings. The highest BCUT2D eigenvalue weighted by Crippen LogP contribution is 2.23. The number of benzene rings is 1. The average Bonchev–Trinajstić information content (AvgIpc) is 2.34. The number of hydrogen-bond acceptors (Lipinski definition) is 3. The van der Waals surface area contributed by atoms with Gasteiger partial charge in [-0.3, -0.25) is 4.79 Å². The molecule has 3 nitrogen and oxygen atoms in total. The van der Waals surface area contributed by atoms with Gasteiger partial charge in [0.2, 0.25) is 0 Å². The Balaban J connectivity index is 2.75. The third kappa shape index (κ3) is 3.57. The topological polar surface area (TPSA) is 35.5 Å². The number of carbonyl (C=O) groups is 1. The largest absolute Gasteiger partial charge is 0.494 e. The summed E-state index contributed by atoms with van der Waals surface area (Å²) < 4.78 is 10.9. The molecule has 88 valence electrons. The molecule has 0 aliphatic carbocycles. The van der Waals surface area contributed by atoms with Crippen LogP contribution >= 0.6 is 0 Å². The molecule has 16 heavy (non-hydrogen) atoms. The van der Waals surface area contributed by atoms with E-state index in [1.54, 1.807) is 12.1 Å². The zero-order chi connectivity index (χ0) is 11.8. The Morgan fingerprint density at radius 1 is 1.12 bits per heavy atom. The molecular formula is C13H18O3. The number of aldehydes is 1. The maximum absolute atomic E-state index is 10.9. The lowest BCUT2D eigenvalue weighted by Gasteiger charge is -2.09. The molecule has 0 aliphatic rings. The number of ether oxygens (including phenoxy) is 2. The highest BCUT2D eigenvalue weighted by Gasteiger charge is 2.04. The Kier molecular flexibility index (Phi) is 5.40. The molecule has 0 spiro atoms. The quantitative estimate of drug-likeness (QED) is 0.665. The molecule has 0 bridgehead atoms. The lowest BCUT2D eigenvalue weighted by molar-refractivity contribution is 0.111. The zero-order valence-corrected chi connectivity index (χ0v) is 9.86. The van der Waals surface area contributed by atoms with Gasteiger partial charge in [0.1, 0.15) is 11.5 Å². The van der Waals surface area contributed by atoms with Gasteiger partial charge in [0.25, 0.3) is 0 Å². The highest BCUT2D eigenvalue weighted by molar-refractivity contribution is 5.80. The smallest absolute Gasteiger partial charge is 0.153 e. The third-order valence-corrected chi connectivity index (χ3v) is 2.04. The van der Waals surface area contributed by atoms with Gasteiger partial charge >= 0.3 is 0 Å². The maximum atomic E-state index is 10.9. The molecule has 0 amide bonds. The lowest BCUT2D eigenvalue weighted by Crippen LogP contribution is -2.00. The summed E-state index contributed by atoms with van der Waals surface area (Å²) in [7, 11) is 0. The third-order valence-electron chi connectivity index (χ3n) is 2.04. The molecule has 1 aromatic carbocycles. The van der Waals surface area contributed by atoms with Crippen molar-refractivity contribution in [1.29, 1.82) is 0 Å².